The molecule has 1 aromatic carbocycles. The van der Waals surface area contributed by atoms with Crippen molar-refractivity contribution >= 4 is 28.9 Å². The van der Waals surface area contributed by atoms with E-state index in [1.807, 2.05) is 0 Å². The highest BCUT2D eigenvalue weighted by Gasteiger charge is 2.17. The highest BCUT2D eigenvalue weighted by atomic mass is 35.5. The zero-order valence-electron chi connectivity index (χ0n) is 9.67. The molecule has 0 heterocycles. The number of esters is 1. The van der Waals surface area contributed by atoms with Gasteiger partial charge in [-0.3, -0.25) is 0 Å². The van der Waals surface area contributed by atoms with Crippen molar-refractivity contribution in [1.29, 1.82) is 0 Å². The van der Waals surface area contributed by atoms with E-state index >= 15 is 0 Å². The minimum absolute atomic E-state index is 0.0440. The lowest BCUT2D eigenvalue weighted by molar-refractivity contribution is 0.0527. The summed E-state index contributed by atoms with van der Waals surface area (Å²) in [5, 5.41) is 2.51. The molecule has 3 N–H and O–H groups in total. The lowest BCUT2D eigenvalue weighted by Gasteiger charge is -2.13. The molecule has 0 radical (unpaired) electrons. The Bertz CT molecular complexity index is 441. The van der Waals surface area contributed by atoms with Gasteiger partial charge in [-0.15, -0.1) is 0 Å². The van der Waals surface area contributed by atoms with Crippen LogP contribution in [0.1, 0.15) is 17.3 Å². The second-order valence-corrected chi connectivity index (χ2v) is 3.82. The van der Waals surface area contributed by atoms with Crippen LogP contribution in [0.15, 0.2) is 12.1 Å². The van der Waals surface area contributed by atoms with Gasteiger partial charge in [-0.25, -0.2) is 13.6 Å². The third-order valence-electron chi connectivity index (χ3n) is 2.04. The van der Waals surface area contributed by atoms with E-state index in [-0.39, 0.29) is 28.6 Å². The summed E-state index contributed by atoms with van der Waals surface area (Å²) in [6.07, 6.45) is -2.56. The lowest BCUT2D eigenvalue weighted by Crippen LogP contribution is -2.15. The summed E-state index contributed by atoms with van der Waals surface area (Å²) in [6, 6.07) is 2.70. The van der Waals surface area contributed by atoms with Gasteiger partial charge >= 0.3 is 5.97 Å². The molecule has 0 amide bonds. The van der Waals surface area contributed by atoms with E-state index in [2.05, 4.69) is 5.32 Å². The number of carbonyl (C=O) groups excluding carboxylic acids is 1. The second-order valence-electron chi connectivity index (χ2n) is 3.42. The summed E-state index contributed by atoms with van der Waals surface area (Å²) in [5.41, 5.74) is 5.95. The van der Waals surface area contributed by atoms with Crippen molar-refractivity contribution in [2.75, 3.05) is 24.2 Å². The summed E-state index contributed by atoms with van der Waals surface area (Å²) in [6.45, 7) is 1.19. The Kier molecular flexibility index (Phi) is 5.15. The lowest BCUT2D eigenvalue weighted by atomic mass is 10.1. The number of hydrogen-bond acceptors (Lipinski definition) is 4. The molecule has 0 spiro atoms. The van der Waals surface area contributed by atoms with Gasteiger partial charge in [0.2, 0.25) is 0 Å². The van der Waals surface area contributed by atoms with Gasteiger partial charge in [0.05, 0.1) is 29.4 Å². The summed E-state index contributed by atoms with van der Waals surface area (Å²) in [4.78, 5) is 11.7. The summed E-state index contributed by atoms with van der Waals surface area (Å²) in [7, 11) is 0. The van der Waals surface area contributed by atoms with Crippen LogP contribution in [-0.2, 0) is 4.74 Å². The van der Waals surface area contributed by atoms with Crippen LogP contribution in [0.25, 0.3) is 0 Å². The molecule has 1 aromatic rings. The molecule has 18 heavy (non-hydrogen) atoms. The molecule has 7 heteroatoms. The molecular formula is C11H13ClF2N2O2. The number of nitrogens with two attached hydrogens (primary N) is 1. The number of halogens is 3. The van der Waals surface area contributed by atoms with Crippen LogP contribution in [0.3, 0.4) is 0 Å². The molecular weight excluding hydrogens is 266 g/mol. The minimum Gasteiger partial charge on any atom is -0.462 e. The molecule has 4 nitrogen and oxygen atoms in total. The zero-order chi connectivity index (χ0) is 13.7. The van der Waals surface area contributed by atoms with Crippen molar-refractivity contribution in [2.24, 2.45) is 0 Å². The predicted octanol–water partition coefficient (Wildman–Crippen LogP) is 2.78. The normalized spacial score (nSPS) is 10.5. The first kappa shape index (κ1) is 14.5. The molecule has 0 bridgehead atoms. The average molecular weight is 279 g/mol. The van der Waals surface area contributed by atoms with Crippen molar-refractivity contribution < 1.29 is 18.3 Å². The fraction of sp³-hybridized carbons (Fsp3) is 0.364. The Labute approximate surface area is 108 Å². The molecule has 0 aliphatic carbocycles. The molecule has 1 rings (SSSR count). The van der Waals surface area contributed by atoms with Crippen molar-refractivity contribution in [2.45, 2.75) is 13.3 Å². The minimum atomic E-state index is -2.56. The molecule has 0 fully saturated rings. The number of hydrogen-bond donors (Lipinski definition) is 2. The van der Waals surface area contributed by atoms with Crippen LogP contribution in [0.5, 0.6) is 0 Å². The Morgan fingerprint density at radius 2 is 2.22 bits per heavy atom. The number of rotatable bonds is 5. The number of anilines is 2. The van der Waals surface area contributed by atoms with Crippen LogP contribution in [-0.4, -0.2) is 25.5 Å². The number of alkyl halides is 2. The maximum absolute atomic E-state index is 12.2. The Morgan fingerprint density at radius 3 is 2.78 bits per heavy atom. The topological polar surface area (TPSA) is 64.3 Å². The number of carbonyl (C=O) groups is 1. The van der Waals surface area contributed by atoms with Gasteiger partial charge in [0.1, 0.15) is 0 Å². The molecule has 0 saturated carbocycles. The van der Waals surface area contributed by atoms with Gasteiger partial charge in [-0.1, -0.05) is 11.6 Å². The molecule has 0 saturated heterocycles. The van der Waals surface area contributed by atoms with Crippen molar-refractivity contribution in [3.63, 3.8) is 0 Å². The fourth-order valence-electron chi connectivity index (χ4n) is 1.36. The second kappa shape index (κ2) is 6.39. The molecule has 0 aliphatic heterocycles. The van der Waals surface area contributed by atoms with E-state index < -0.39 is 18.9 Å². The standard InChI is InChI=1S/C11H13ClF2N2O2/c1-2-18-11(17)7-3-6(15)4-8(12)10(7)16-5-9(13)14/h3-4,9,16H,2,5,15H2,1H3. The summed E-state index contributed by atoms with van der Waals surface area (Å²) < 4.78 is 29.1. The third kappa shape index (κ3) is 3.73. The van der Waals surface area contributed by atoms with Gasteiger partial charge in [-0.2, -0.15) is 0 Å². The smallest absolute Gasteiger partial charge is 0.340 e. The van der Waals surface area contributed by atoms with Crippen molar-refractivity contribution in [3.05, 3.63) is 22.7 Å². The van der Waals surface area contributed by atoms with Crippen molar-refractivity contribution in [1.82, 2.24) is 0 Å². The predicted molar refractivity (Wildman–Crippen MR) is 66.3 cm³/mol. The average Bonchev–Trinajstić information content (AvgIpc) is 2.26. The molecule has 0 aromatic heterocycles. The zero-order valence-corrected chi connectivity index (χ0v) is 10.4. The van der Waals surface area contributed by atoms with Crippen LogP contribution in [0.4, 0.5) is 20.2 Å². The summed E-state index contributed by atoms with van der Waals surface area (Å²) in [5.74, 6) is -0.663. The van der Waals surface area contributed by atoms with E-state index in [1.54, 1.807) is 6.92 Å². The Balaban J connectivity index is 3.08. The van der Waals surface area contributed by atoms with Crippen LogP contribution < -0.4 is 11.1 Å². The first-order valence-electron chi connectivity index (χ1n) is 5.23. The molecule has 0 atom stereocenters. The maximum Gasteiger partial charge on any atom is 0.340 e. The molecule has 0 unspecified atom stereocenters. The number of ether oxygens (including phenoxy) is 1. The van der Waals surface area contributed by atoms with Crippen LogP contribution in [0, 0.1) is 0 Å². The van der Waals surface area contributed by atoms with E-state index in [4.69, 9.17) is 22.1 Å². The van der Waals surface area contributed by atoms with Gasteiger partial charge in [0.15, 0.2) is 0 Å². The van der Waals surface area contributed by atoms with Crippen molar-refractivity contribution in [3.8, 4) is 0 Å². The Morgan fingerprint density at radius 1 is 1.56 bits per heavy atom. The highest BCUT2D eigenvalue weighted by molar-refractivity contribution is 6.34. The summed E-state index contributed by atoms with van der Waals surface area (Å²) >= 11 is 5.87. The number of nitrogens with one attached hydrogen (secondary N) is 1. The van der Waals surface area contributed by atoms with Gasteiger partial charge in [0.25, 0.3) is 6.43 Å². The fourth-order valence-corrected chi connectivity index (χ4v) is 1.65. The monoisotopic (exact) mass is 278 g/mol. The SMILES string of the molecule is CCOC(=O)c1cc(N)cc(Cl)c1NCC(F)F. The molecule has 0 aliphatic rings. The van der Waals surface area contributed by atoms with E-state index in [0.717, 1.165) is 0 Å². The van der Waals surface area contributed by atoms with E-state index in [9.17, 15) is 13.6 Å². The first-order chi connectivity index (χ1) is 8.45. The molecule has 100 valence electrons. The maximum atomic E-state index is 12.2. The third-order valence-corrected chi connectivity index (χ3v) is 2.34. The highest BCUT2D eigenvalue weighted by Crippen LogP contribution is 2.30. The van der Waals surface area contributed by atoms with Gasteiger partial charge in [-0.05, 0) is 19.1 Å². The number of nitrogen functional groups attached to an aromatic ring is 1. The van der Waals surface area contributed by atoms with Gasteiger partial charge in [0, 0.05) is 5.69 Å². The Hall–Kier alpha value is -1.56. The largest absolute Gasteiger partial charge is 0.462 e. The van der Waals surface area contributed by atoms with Gasteiger partial charge < -0.3 is 15.8 Å². The number of benzene rings is 1. The first-order valence-corrected chi connectivity index (χ1v) is 5.61. The van der Waals surface area contributed by atoms with Crippen LogP contribution >= 0.6 is 11.6 Å². The van der Waals surface area contributed by atoms with E-state index in [1.165, 1.54) is 12.1 Å². The van der Waals surface area contributed by atoms with E-state index in [0.29, 0.717) is 0 Å². The quantitative estimate of drug-likeness (QED) is 0.642. The van der Waals surface area contributed by atoms with Crippen LogP contribution in [0.2, 0.25) is 5.02 Å².